The molecule has 1 fully saturated rings. The normalized spacial score (nSPS) is 19.1. The van der Waals surface area contributed by atoms with Crippen LogP contribution < -0.4 is 16.4 Å². The second-order valence-corrected chi connectivity index (χ2v) is 11.9. The first-order valence-electron chi connectivity index (χ1n) is 13.9. The predicted molar refractivity (Wildman–Crippen MR) is 159 cm³/mol. The molecule has 0 saturated carbocycles. The number of hydrogen-bond donors (Lipinski definition) is 3. The molecule has 232 valence electrons. The average Bonchev–Trinajstić information content (AvgIpc) is 3.06. The minimum Gasteiger partial charge on any atom is -0.453 e. The third-order valence-corrected chi connectivity index (χ3v) is 6.75. The maximum atomic E-state index is 14.0. The van der Waals surface area contributed by atoms with Crippen molar-refractivity contribution in [1.82, 2.24) is 15.5 Å². The lowest BCUT2D eigenvalue weighted by molar-refractivity contribution is -0.139. The maximum absolute atomic E-state index is 14.0. The summed E-state index contributed by atoms with van der Waals surface area (Å²) in [5, 5.41) is 5.52. The van der Waals surface area contributed by atoms with Gasteiger partial charge in [0.05, 0.1) is 24.9 Å². The number of rotatable bonds is 14. The Labute approximate surface area is 244 Å². The largest absolute Gasteiger partial charge is 0.494 e. The second-order valence-electron chi connectivity index (χ2n) is 11.9. The molecule has 41 heavy (non-hydrogen) atoms. The van der Waals surface area contributed by atoms with E-state index >= 15 is 0 Å². The molecule has 4 N–H and O–H groups in total. The molecule has 0 aromatic rings. The summed E-state index contributed by atoms with van der Waals surface area (Å²) < 4.78 is 44.9. The molecule has 1 heterocycles. The number of carbonyl (C=O) groups excluding carboxylic acids is 2. The van der Waals surface area contributed by atoms with Gasteiger partial charge in [-0.25, -0.2) is 13.6 Å². The van der Waals surface area contributed by atoms with Gasteiger partial charge in [-0.05, 0) is 65.4 Å². The molecular weight excluding hydrogens is 533 g/mol. The molecule has 0 aromatic heterocycles. The average molecular weight is 583 g/mol. The van der Waals surface area contributed by atoms with Crippen LogP contribution >= 0.6 is 0 Å². The number of allylic oxidation sites excluding steroid dienone is 6. The Morgan fingerprint density at radius 2 is 1.71 bits per heavy atom. The van der Waals surface area contributed by atoms with Crippen LogP contribution in [0.3, 0.4) is 0 Å². The van der Waals surface area contributed by atoms with Crippen LogP contribution in [0.15, 0.2) is 47.7 Å². The van der Waals surface area contributed by atoms with Crippen molar-refractivity contribution in [2.75, 3.05) is 20.2 Å². The topological polar surface area (TPSA) is 115 Å². The number of ether oxygens (including phenoxy) is 1. The van der Waals surface area contributed by atoms with Crippen molar-refractivity contribution in [2.24, 2.45) is 11.7 Å². The van der Waals surface area contributed by atoms with Crippen molar-refractivity contribution in [1.29, 1.82) is 0 Å². The summed E-state index contributed by atoms with van der Waals surface area (Å²) in [4.78, 5) is 26.1. The lowest BCUT2D eigenvalue weighted by atomic mass is 9.77. The lowest BCUT2D eigenvalue weighted by Gasteiger charge is -2.32. The fraction of sp³-hybridized carbons (Fsp3) is 0.655. The number of amides is 2. The number of alkyl carbamates (subject to hydrolysis) is 1. The van der Waals surface area contributed by atoms with Gasteiger partial charge in [0.15, 0.2) is 0 Å². The Balaban J connectivity index is 2.97. The van der Waals surface area contributed by atoms with Gasteiger partial charge in [-0.3, -0.25) is 4.79 Å². The molecule has 9 nitrogen and oxygen atoms in total. The zero-order chi connectivity index (χ0) is 31.6. The van der Waals surface area contributed by atoms with Gasteiger partial charge in [0.25, 0.3) is 5.92 Å². The molecular formula is C29H49BF2N4O5. The van der Waals surface area contributed by atoms with Gasteiger partial charge in [-0.15, -0.1) is 0 Å². The summed E-state index contributed by atoms with van der Waals surface area (Å²) in [6.07, 6.45) is 10.1. The first-order valence-corrected chi connectivity index (χ1v) is 13.9. The number of nitrogens with one attached hydrogen (secondary N) is 2. The van der Waals surface area contributed by atoms with E-state index in [1.807, 2.05) is 66.7 Å². The van der Waals surface area contributed by atoms with Gasteiger partial charge < -0.3 is 35.3 Å². The minimum atomic E-state index is -3.13. The van der Waals surface area contributed by atoms with E-state index in [0.717, 1.165) is 17.3 Å². The van der Waals surface area contributed by atoms with Crippen LogP contribution in [0.1, 0.15) is 68.7 Å². The molecule has 1 aliphatic rings. The first-order chi connectivity index (χ1) is 18.8. The van der Waals surface area contributed by atoms with Crippen LogP contribution in [-0.4, -0.2) is 73.4 Å². The highest BCUT2D eigenvalue weighted by molar-refractivity contribution is 6.55. The van der Waals surface area contributed by atoms with E-state index in [-0.39, 0.29) is 18.9 Å². The van der Waals surface area contributed by atoms with E-state index in [1.165, 1.54) is 7.11 Å². The van der Waals surface area contributed by atoms with Gasteiger partial charge in [-0.2, -0.15) is 0 Å². The van der Waals surface area contributed by atoms with Gasteiger partial charge in [0.1, 0.15) is 6.04 Å². The highest BCUT2D eigenvalue weighted by atomic mass is 19.3. The highest BCUT2D eigenvalue weighted by Crippen LogP contribution is 2.38. The van der Waals surface area contributed by atoms with Crippen molar-refractivity contribution in [3.63, 3.8) is 0 Å². The SMILES string of the molecule is C\C=C/C(=C\C=C\C(N)=C\NC(C)CN(CC(C)(F)F)C(=O)C(CC(C)C)NC(=O)OC)B1OC(C)(C)C(C)(C)O1. The number of methoxy groups -OCH3 is 1. The zero-order valence-corrected chi connectivity index (χ0v) is 26.2. The molecule has 12 heteroatoms. The summed E-state index contributed by atoms with van der Waals surface area (Å²) >= 11 is 0. The molecule has 1 rings (SSSR count). The molecule has 2 amide bonds. The van der Waals surface area contributed by atoms with Crippen LogP contribution in [-0.2, 0) is 18.8 Å². The molecule has 1 saturated heterocycles. The van der Waals surface area contributed by atoms with E-state index in [0.29, 0.717) is 5.70 Å². The number of halogens is 2. The van der Waals surface area contributed by atoms with Gasteiger partial charge in [-0.1, -0.05) is 38.2 Å². The number of hydrogen-bond acceptors (Lipinski definition) is 7. The smallest absolute Gasteiger partial charge is 0.453 e. The maximum Gasteiger partial charge on any atom is 0.494 e. The Kier molecular flexibility index (Phi) is 13.6. The molecule has 0 spiro atoms. The summed E-state index contributed by atoms with van der Waals surface area (Å²) in [5.41, 5.74) is 6.39. The molecule has 0 aromatic carbocycles. The number of nitrogens with two attached hydrogens (primary N) is 1. The standard InChI is InChI=1S/C29H49BF2N4O5/c1-11-13-22(30-40-27(5,6)28(7,8)41-30)14-12-15-23(33)17-34-21(4)18-36(19-29(9,31)32)25(37)24(16-20(2)3)35-26(38)39-10/h11-15,17,20-21,24,34H,16,18-19,33H2,1-10H3,(H,35,38)/b13-11-,15-12+,22-14+,23-17-. The Morgan fingerprint density at radius 1 is 1.12 bits per heavy atom. The summed E-state index contributed by atoms with van der Waals surface area (Å²) in [6, 6.07) is -1.42. The van der Waals surface area contributed by atoms with Gasteiger partial charge in [0, 0.05) is 31.4 Å². The van der Waals surface area contributed by atoms with E-state index in [9.17, 15) is 18.4 Å². The van der Waals surface area contributed by atoms with Crippen LogP contribution in [0.2, 0.25) is 0 Å². The summed E-state index contributed by atoms with van der Waals surface area (Å²) in [7, 11) is 0.647. The molecule has 0 bridgehead atoms. The van der Waals surface area contributed by atoms with Crippen LogP contribution in [0.25, 0.3) is 0 Å². The highest BCUT2D eigenvalue weighted by Gasteiger charge is 2.51. The summed E-state index contributed by atoms with van der Waals surface area (Å²) in [5.74, 6) is -3.71. The van der Waals surface area contributed by atoms with Gasteiger partial charge in [0.2, 0.25) is 5.91 Å². The zero-order valence-electron chi connectivity index (χ0n) is 26.2. The summed E-state index contributed by atoms with van der Waals surface area (Å²) in [6.45, 7) is 15.2. The second kappa shape index (κ2) is 15.4. The number of nitrogens with zero attached hydrogens (tertiary/aromatic N) is 1. The van der Waals surface area contributed by atoms with Gasteiger partial charge >= 0.3 is 13.2 Å². The molecule has 0 aliphatic carbocycles. The molecule has 2 unspecified atom stereocenters. The monoisotopic (exact) mass is 582 g/mol. The molecule has 2 atom stereocenters. The molecule has 0 radical (unpaired) electrons. The fourth-order valence-electron chi connectivity index (χ4n) is 4.01. The van der Waals surface area contributed by atoms with Crippen molar-refractivity contribution in [3.05, 3.63) is 47.7 Å². The fourth-order valence-corrected chi connectivity index (χ4v) is 4.01. The van der Waals surface area contributed by atoms with E-state index < -0.39 is 54.9 Å². The van der Waals surface area contributed by atoms with Crippen molar-refractivity contribution < 1.29 is 32.4 Å². The van der Waals surface area contributed by atoms with E-state index in [4.69, 9.17) is 15.0 Å². The minimum absolute atomic E-state index is 0.0299. The van der Waals surface area contributed by atoms with Crippen molar-refractivity contribution >= 4 is 19.1 Å². The van der Waals surface area contributed by atoms with Crippen LogP contribution in [0.4, 0.5) is 13.6 Å². The van der Waals surface area contributed by atoms with E-state index in [2.05, 4.69) is 15.4 Å². The van der Waals surface area contributed by atoms with Crippen molar-refractivity contribution in [3.8, 4) is 0 Å². The third-order valence-electron chi connectivity index (χ3n) is 6.75. The Morgan fingerprint density at radius 3 is 2.20 bits per heavy atom. The molecule has 1 aliphatic heterocycles. The predicted octanol–water partition coefficient (Wildman–Crippen LogP) is 4.71. The Hall–Kier alpha value is -2.86. The lowest BCUT2D eigenvalue weighted by Crippen LogP contribution is -2.54. The third kappa shape index (κ3) is 12.3. The van der Waals surface area contributed by atoms with Crippen molar-refractivity contribution in [2.45, 2.75) is 97.9 Å². The first kappa shape index (κ1) is 36.2. The number of alkyl halides is 2. The number of carbonyl (C=O) groups is 2. The van der Waals surface area contributed by atoms with Crippen LogP contribution in [0, 0.1) is 5.92 Å². The van der Waals surface area contributed by atoms with Crippen LogP contribution in [0.5, 0.6) is 0 Å². The van der Waals surface area contributed by atoms with E-state index in [1.54, 1.807) is 25.3 Å². The quantitative estimate of drug-likeness (QED) is 0.201. The Bertz CT molecular complexity index is 990.